The summed E-state index contributed by atoms with van der Waals surface area (Å²) < 4.78 is 20.6. The molecule has 1 aliphatic rings. The van der Waals surface area contributed by atoms with Gasteiger partial charge in [-0.3, -0.25) is 14.3 Å². The first-order chi connectivity index (χ1) is 16.4. The van der Waals surface area contributed by atoms with Crippen molar-refractivity contribution in [2.75, 3.05) is 11.0 Å². The van der Waals surface area contributed by atoms with Crippen molar-refractivity contribution in [3.05, 3.63) is 103 Å². The zero-order valence-corrected chi connectivity index (χ0v) is 21.7. The lowest BCUT2D eigenvalue weighted by molar-refractivity contribution is -0.0832. The molecule has 1 N–H and O–H groups in total. The summed E-state index contributed by atoms with van der Waals surface area (Å²) in [4.78, 5) is 26.3. The van der Waals surface area contributed by atoms with Crippen molar-refractivity contribution >= 4 is 45.8 Å². The second-order valence-electron chi connectivity index (χ2n) is 7.94. The molecule has 0 aliphatic carbocycles. The number of ether oxygens (including phenoxy) is 3. The summed E-state index contributed by atoms with van der Waals surface area (Å²) in [6.45, 7) is 1.02. The van der Waals surface area contributed by atoms with Crippen LogP contribution in [-0.4, -0.2) is 32.8 Å². The second kappa shape index (κ2) is 11.8. The Labute approximate surface area is 220 Å². The molecule has 2 heterocycles. The van der Waals surface area contributed by atoms with Crippen LogP contribution in [-0.2, 0) is 27.4 Å². The molecule has 4 atom stereocenters. The van der Waals surface area contributed by atoms with Crippen LogP contribution in [0.3, 0.4) is 0 Å². The van der Waals surface area contributed by atoms with Crippen molar-refractivity contribution in [3.63, 3.8) is 0 Å². The van der Waals surface area contributed by atoms with E-state index < -0.39 is 23.6 Å². The quantitative estimate of drug-likeness (QED) is 0.281. The van der Waals surface area contributed by atoms with Gasteiger partial charge in [-0.2, -0.15) is 0 Å². The summed E-state index contributed by atoms with van der Waals surface area (Å²) in [6.07, 6.45) is 0.114. The summed E-state index contributed by atoms with van der Waals surface area (Å²) in [5.41, 5.74) is 0.983. The molecule has 1 aliphatic heterocycles. The van der Waals surface area contributed by atoms with Crippen LogP contribution in [0.1, 0.15) is 17.4 Å². The molecule has 10 heteroatoms. The zero-order valence-electron chi connectivity index (χ0n) is 18.0. The zero-order chi connectivity index (χ0) is 24.1. The van der Waals surface area contributed by atoms with E-state index in [0.29, 0.717) is 27.7 Å². The van der Waals surface area contributed by atoms with E-state index in [2.05, 4.69) is 27.6 Å². The molecule has 0 amide bonds. The minimum absolute atomic E-state index is 0.138. The Morgan fingerprint density at radius 3 is 2.15 bits per heavy atom. The molecule has 1 saturated heterocycles. The Bertz CT molecular complexity index is 1200. The van der Waals surface area contributed by atoms with Gasteiger partial charge in [-0.1, -0.05) is 70.1 Å². The minimum atomic E-state index is -0.597. The Balaban J connectivity index is 1.51. The first-order valence-corrected chi connectivity index (χ1v) is 12.9. The molecule has 3 aromatic rings. The smallest absolute Gasteiger partial charge is 0.330 e. The first-order valence-electron chi connectivity index (χ1n) is 10.7. The van der Waals surface area contributed by atoms with E-state index in [1.807, 2.05) is 48.5 Å². The van der Waals surface area contributed by atoms with Gasteiger partial charge >= 0.3 is 5.69 Å². The van der Waals surface area contributed by atoms with E-state index in [1.165, 1.54) is 16.8 Å². The monoisotopic (exact) mass is 616 g/mol. The number of nitrogens with one attached hydrogen (secondary N) is 1. The lowest BCUT2D eigenvalue weighted by Gasteiger charge is -2.23. The van der Waals surface area contributed by atoms with Crippen LogP contribution in [0.2, 0.25) is 10.0 Å². The molecule has 180 valence electrons. The van der Waals surface area contributed by atoms with Gasteiger partial charge in [-0.05, 0) is 35.4 Å². The van der Waals surface area contributed by atoms with Crippen LogP contribution in [0.15, 0.2) is 70.4 Å². The highest BCUT2D eigenvalue weighted by Crippen LogP contribution is 2.38. The van der Waals surface area contributed by atoms with Crippen molar-refractivity contribution in [1.29, 1.82) is 0 Å². The standard InChI is InChI=1S/C24H23Cl2IN2O5/c25-17-5-1-15(2-6-17)12-32-14-20-22(33-13-16-3-7-18(26)8-4-16)19(11-27)23(34-20)29-10-9-21(30)28-24(29)31/h1-10,19-20,22-23H,11-14H2,(H,28,30,31)/t19-,20-,22+,23-/m1/s1. The van der Waals surface area contributed by atoms with Gasteiger partial charge in [0.2, 0.25) is 0 Å². The number of aromatic amines is 1. The lowest BCUT2D eigenvalue weighted by atomic mass is 10.0. The molecule has 1 aromatic heterocycles. The van der Waals surface area contributed by atoms with Crippen molar-refractivity contribution in [3.8, 4) is 0 Å². The maximum Gasteiger partial charge on any atom is 0.330 e. The van der Waals surface area contributed by atoms with Gasteiger partial charge in [0.15, 0.2) is 0 Å². The maximum atomic E-state index is 12.5. The molecule has 0 bridgehead atoms. The molecular formula is C24H23Cl2IN2O5. The average Bonchev–Trinajstić information content (AvgIpc) is 3.17. The van der Waals surface area contributed by atoms with E-state index in [0.717, 1.165) is 11.1 Å². The molecule has 0 radical (unpaired) electrons. The topological polar surface area (TPSA) is 82.5 Å². The number of alkyl halides is 1. The molecule has 4 rings (SSSR count). The summed E-state index contributed by atoms with van der Waals surface area (Å²) in [6, 6.07) is 16.2. The van der Waals surface area contributed by atoms with Gasteiger partial charge in [0.05, 0.1) is 25.9 Å². The highest BCUT2D eigenvalue weighted by atomic mass is 127. The summed E-state index contributed by atoms with van der Waals surface area (Å²) in [5.74, 6) is -0.138. The first kappa shape index (κ1) is 25.4. The fraction of sp³-hybridized carbons (Fsp3) is 0.333. The summed E-state index contributed by atoms with van der Waals surface area (Å²) >= 11 is 14.2. The Morgan fingerprint density at radius 2 is 1.56 bits per heavy atom. The molecule has 7 nitrogen and oxygen atoms in total. The Morgan fingerprint density at radius 1 is 0.941 bits per heavy atom. The third-order valence-corrected chi connectivity index (χ3v) is 7.11. The number of benzene rings is 2. The van der Waals surface area contributed by atoms with E-state index in [9.17, 15) is 9.59 Å². The SMILES string of the molecule is O=c1ccn([C@@H]2O[C@H](COCc3ccc(Cl)cc3)[C@@H](OCc3ccc(Cl)cc3)[C@H]2CI)c(=O)[nH]1. The molecule has 0 unspecified atom stereocenters. The second-order valence-corrected chi connectivity index (χ2v) is 9.70. The van der Waals surface area contributed by atoms with Crippen LogP contribution in [0.4, 0.5) is 0 Å². The van der Waals surface area contributed by atoms with E-state index >= 15 is 0 Å². The minimum Gasteiger partial charge on any atom is -0.374 e. The van der Waals surface area contributed by atoms with Gasteiger partial charge in [-0.25, -0.2) is 4.79 Å². The van der Waals surface area contributed by atoms with Gasteiger partial charge in [0, 0.05) is 32.7 Å². The van der Waals surface area contributed by atoms with Gasteiger partial charge < -0.3 is 14.2 Å². The average molecular weight is 617 g/mol. The highest BCUT2D eigenvalue weighted by molar-refractivity contribution is 14.1. The van der Waals surface area contributed by atoms with Crippen LogP contribution in [0.25, 0.3) is 0 Å². The van der Waals surface area contributed by atoms with Gasteiger partial charge in [-0.15, -0.1) is 0 Å². The highest BCUT2D eigenvalue weighted by Gasteiger charge is 2.46. The Kier molecular flexibility index (Phi) is 8.84. The number of H-pyrrole nitrogens is 1. The number of rotatable bonds is 9. The maximum absolute atomic E-state index is 12.5. The van der Waals surface area contributed by atoms with Crippen molar-refractivity contribution in [2.24, 2.45) is 5.92 Å². The van der Waals surface area contributed by atoms with Crippen LogP contribution < -0.4 is 11.2 Å². The predicted octanol–water partition coefficient (Wildman–Crippen LogP) is 4.59. The van der Waals surface area contributed by atoms with Crippen LogP contribution in [0.5, 0.6) is 0 Å². The van der Waals surface area contributed by atoms with E-state index in [4.69, 9.17) is 37.4 Å². The molecule has 2 aromatic carbocycles. The molecule has 34 heavy (non-hydrogen) atoms. The fourth-order valence-corrected chi connectivity index (χ4v) is 5.06. The molecule has 0 spiro atoms. The predicted molar refractivity (Wildman–Crippen MR) is 139 cm³/mol. The number of hydrogen-bond acceptors (Lipinski definition) is 5. The normalized spacial score (nSPS) is 22.2. The fourth-order valence-electron chi connectivity index (χ4n) is 3.87. The van der Waals surface area contributed by atoms with E-state index in [1.54, 1.807) is 0 Å². The van der Waals surface area contributed by atoms with Crippen molar-refractivity contribution < 1.29 is 14.2 Å². The largest absolute Gasteiger partial charge is 0.374 e. The Hall–Kier alpha value is -1.69. The van der Waals surface area contributed by atoms with Gasteiger partial charge in [0.1, 0.15) is 12.3 Å². The number of halogens is 3. The molecule has 0 saturated carbocycles. The number of hydrogen-bond donors (Lipinski definition) is 1. The lowest BCUT2D eigenvalue weighted by Crippen LogP contribution is -2.36. The van der Waals surface area contributed by atoms with E-state index in [-0.39, 0.29) is 18.6 Å². The summed E-state index contributed by atoms with van der Waals surface area (Å²) in [7, 11) is 0. The molecular weight excluding hydrogens is 594 g/mol. The number of nitrogens with zero attached hydrogens (tertiary/aromatic N) is 1. The van der Waals surface area contributed by atoms with Crippen LogP contribution >= 0.6 is 45.8 Å². The summed E-state index contributed by atoms with van der Waals surface area (Å²) in [5, 5.41) is 1.32. The number of aromatic nitrogens is 2. The third kappa shape index (κ3) is 6.30. The van der Waals surface area contributed by atoms with Gasteiger partial charge in [0.25, 0.3) is 5.56 Å². The van der Waals surface area contributed by atoms with Crippen LogP contribution in [0, 0.1) is 5.92 Å². The molecule has 1 fully saturated rings. The van der Waals surface area contributed by atoms with Crippen molar-refractivity contribution in [2.45, 2.75) is 31.6 Å². The van der Waals surface area contributed by atoms with Crippen molar-refractivity contribution in [1.82, 2.24) is 9.55 Å². The third-order valence-electron chi connectivity index (χ3n) is 5.59.